The van der Waals surface area contributed by atoms with E-state index in [4.69, 9.17) is 11.6 Å². The SMILES string of the molecule is C[C@H](/C=C/CC(=O)N1CCC[C@H]1CO)[C@@]1(O)C(=O)N(Cc2cccc(NC(=O)Cc3c[nH]c4ccccc34)c2)c2ccc(Cl)cc21. The van der Waals surface area contributed by atoms with E-state index in [0.717, 1.165) is 34.9 Å². The summed E-state index contributed by atoms with van der Waals surface area (Å²) < 4.78 is 0. The second-order valence-corrected chi connectivity index (χ2v) is 12.5. The van der Waals surface area contributed by atoms with Crippen LogP contribution in [0.4, 0.5) is 11.4 Å². The van der Waals surface area contributed by atoms with Gasteiger partial charge in [-0.1, -0.05) is 61.0 Å². The first-order valence-electron chi connectivity index (χ1n) is 15.5. The van der Waals surface area contributed by atoms with Gasteiger partial charge in [0.15, 0.2) is 5.60 Å². The zero-order valence-corrected chi connectivity index (χ0v) is 26.3. The lowest BCUT2D eigenvalue weighted by Crippen LogP contribution is -2.44. The maximum Gasteiger partial charge on any atom is 0.264 e. The molecule has 10 heteroatoms. The standard InChI is InChI=1S/C36H37ClN4O5/c1-23(7-4-13-34(44)40-16-6-10-28(40)22-42)36(46)30-19-26(37)14-15-32(30)41(35(36)45)21-24-8-5-9-27(17-24)39-33(43)18-25-20-38-31-12-3-2-11-29(25)31/h2-5,7-9,11-12,14-15,17,19-20,23,28,38,42,46H,6,10,13,16,18,21-22H2,1H3,(H,39,43)/b7-4+/t23-,28+,36+/m1/s1. The largest absolute Gasteiger partial charge is 0.394 e. The van der Waals surface area contributed by atoms with Crippen LogP contribution < -0.4 is 10.2 Å². The quantitative estimate of drug-likeness (QED) is 0.175. The Bertz CT molecular complexity index is 1820. The van der Waals surface area contributed by atoms with E-state index in [0.29, 0.717) is 28.5 Å². The maximum atomic E-state index is 14.0. The first-order valence-corrected chi connectivity index (χ1v) is 15.9. The molecule has 0 radical (unpaired) electrons. The molecule has 0 spiro atoms. The van der Waals surface area contributed by atoms with Crippen molar-refractivity contribution in [1.29, 1.82) is 0 Å². The predicted octanol–water partition coefficient (Wildman–Crippen LogP) is 5.30. The summed E-state index contributed by atoms with van der Waals surface area (Å²) in [4.78, 5) is 46.1. The van der Waals surface area contributed by atoms with Gasteiger partial charge in [-0.3, -0.25) is 14.4 Å². The number of aliphatic hydroxyl groups excluding tert-OH is 1. The number of benzene rings is 3. The number of likely N-dealkylation sites (tertiary alicyclic amines) is 1. The number of aromatic amines is 1. The summed E-state index contributed by atoms with van der Waals surface area (Å²) in [5, 5.41) is 25.9. The summed E-state index contributed by atoms with van der Waals surface area (Å²) in [6.45, 7) is 2.46. The third kappa shape index (κ3) is 6.06. The van der Waals surface area contributed by atoms with Gasteiger partial charge in [0.05, 0.1) is 31.3 Å². The minimum Gasteiger partial charge on any atom is -0.394 e. The Morgan fingerprint density at radius 3 is 2.80 bits per heavy atom. The Balaban J connectivity index is 1.16. The maximum absolute atomic E-state index is 14.0. The lowest BCUT2D eigenvalue weighted by molar-refractivity contribution is -0.139. The fourth-order valence-corrected chi connectivity index (χ4v) is 6.82. The molecule has 0 bridgehead atoms. The van der Waals surface area contributed by atoms with Crippen molar-refractivity contribution >= 4 is 51.6 Å². The van der Waals surface area contributed by atoms with Crippen LogP contribution >= 0.6 is 11.6 Å². The van der Waals surface area contributed by atoms with Gasteiger partial charge in [0.2, 0.25) is 11.8 Å². The van der Waals surface area contributed by atoms with Gasteiger partial charge < -0.3 is 30.3 Å². The molecular formula is C36H37ClN4O5. The molecule has 46 heavy (non-hydrogen) atoms. The molecule has 2 aliphatic heterocycles. The van der Waals surface area contributed by atoms with E-state index < -0.39 is 17.4 Å². The number of aliphatic hydroxyl groups is 2. The van der Waals surface area contributed by atoms with Gasteiger partial charge in [0.1, 0.15) is 0 Å². The molecule has 1 fully saturated rings. The number of rotatable bonds is 10. The minimum atomic E-state index is -1.90. The van der Waals surface area contributed by atoms with Gasteiger partial charge in [0.25, 0.3) is 5.91 Å². The second kappa shape index (κ2) is 13.1. The third-order valence-corrected chi connectivity index (χ3v) is 9.33. The van der Waals surface area contributed by atoms with Crippen LogP contribution in [-0.4, -0.2) is 57.0 Å². The van der Waals surface area contributed by atoms with Crippen LogP contribution in [0.15, 0.2) is 85.1 Å². The average molecular weight is 641 g/mol. The molecule has 6 rings (SSSR count). The number of carbonyl (C=O) groups is 3. The average Bonchev–Trinajstić information content (AvgIpc) is 3.75. The van der Waals surface area contributed by atoms with Crippen molar-refractivity contribution < 1.29 is 24.6 Å². The van der Waals surface area contributed by atoms with Crippen molar-refractivity contribution in [2.75, 3.05) is 23.4 Å². The fraction of sp³-hybridized carbons (Fsp3) is 0.306. The van der Waals surface area contributed by atoms with Crippen molar-refractivity contribution in [3.63, 3.8) is 0 Å². The molecule has 3 atom stereocenters. The Morgan fingerprint density at radius 2 is 1.98 bits per heavy atom. The van der Waals surface area contributed by atoms with E-state index in [-0.39, 0.29) is 43.8 Å². The van der Waals surface area contributed by atoms with Crippen LogP contribution in [0, 0.1) is 5.92 Å². The third-order valence-electron chi connectivity index (χ3n) is 9.09. The highest BCUT2D eigenvalue weighted by molar-refractivity contribution is 6.31. The normalized spacial score (nSPS) is 20.1. The molecule has 1 saturated heterocycles. The van der Waals surface area contributed by atoms with Crippen LogP contribution in [0.5, 0.6) is 0 Å². The zero-order chi connectivity index (χ0) is 32.4. The van der Waals surface area contributed by atoms with Crippen LogP contribution in [-0.2, 0) is 33.0 Å². The molecule has 4 N–H and O–H groups in total. The summed E-state index contributed by atoms with van der Waals surface area (Å²) in [7, 11) is 0. The number of nitrogens with zero attached hydrogens (tertiary/aromatic N) is 2. The number of fused-ring (bicyclic) bond motifs is 2. The molecule has 238 valence electrons. The van der Waals surface area contributed by atoms with Crippen molar-refractivity contribution in [1.82, 2.24) is 9.88 Å². The number of nitrogens with one attached hydrogen (secondary N) is 2. The van der Waals surface area contributed by atoms with E-state index in [1.165, 1.54) is 4.90 Å². The molecule has 9 nitrogen and oxygen atoms in total. The highest BCUT2D eigenvalue weighted by Gasteiger charge is 2.52. The van der Waals surface area contributed by atoms with Gasteiger partial charge in [-0.15, -0.1) is 0 Å². The molecule has 3 heterocycles. The number of H-pyrrole nitrogens is 1. The van der Waals surface area contributed by atoms with Crippen molar-refractivity contribution in [2.24, 2.45) is 5.92 Å². The van der Waals surface area contributed by atoms with Gasteiger partial charge in [-0.05, 0) is 60.4 Å². The smallest absolute Gasteiger partial charge is 0.264 e. The van der Waals surface area contributed by atoms with E-state index >= 15 is 0 Å². The lowest BCUT2D eigenvalue weighted by atomic mass is 9.83. The molecule has 2 aliphatic rings. The van der Waals surface area contributed by atoms with Crippen molar-refractivity contribution in [2.45, 2.75) is 50.8 Å². The number of hydrogen-bond donors (Lipinski definition) is 4. The van der Waals surface area contributed by atoms with E-state index in [9.17, 15) is 24.6 Å². The molecule has 3 amide bonds. The number of para-hydroxylation sites is 1. The molecule has 1 aromatic heterocycles. The first-order chi connectivity index (χ1) is 22.2. The molecule has 0 aliphatic carbocycles. The number of halogens is 1. The highest BCUT2D eigenvalue weighted by atomic mass is 35.5. The molecule has 4 aromatic rings. The van der Waals surface area contributed by atoms with Crippen molar-refractivity contribution in [3.05, 3.63) is 107 Å². The van der Waals surface area contributed by atoms with Gasteiger partial charge in [0, 0.05) is 52.3 Å². The van der Waals surface area contributed by atoms with Crippen LogP contribution in [0.3, 0.4) is 0 Å². The predicted molar refractivity (Wildman–Crippen MR) is 178 cm³/mol. The summed E-state index contributed by atoms with van der Waals surface area (Å²) >= 11 is 6.34. The zero-order valence-electron chi connectivity index (χ0n) is 25.6. The van der Waals surface area contributed by atoms with Gasteiger partial charge in [-0.25, -0.2) is 0 Å². The Labute approximate surface area is 272 Å². The fourth-order valence-electron chi connectivity index (χ4n) is 6.65. The van der Waals surface area contributed by atoms with Crippen LogP contribution in [0.1, 0.15) is 42.9 Å². The number of anilines is 2. The summed E-state index contributed by atoms with van der Waals surface area (Å²) in [5.41, 5.74) is 2.29. The first kappa shape index (κ1) is 31.5. The number of hydrogen-bond acceptors (Lipinski definition) is 5. The molecule has 0 saturated carbocycles. The summed E-state index contributed by atoms with van der Waals surface area (Å²) in [6.07, 6.45) is 7.17. The monoisotopic (exact) mass is 640 g/mol. The lowest BCUT2D eigenvalue weighted by Gasteiger charge is -2.28. The van der Waals surface area contributed by atoms with E-state index in [2.05, 4.69) is 10.3 Å². The Hall–Kier alpha value is -4.44. The number of aromatic nitrogens is 1. The molecular weight excluding hydrogens is 604 g/mol. The second-order valence-electron chi connectivity index (χ2n) is 12.1. The Kier molecular flexibility index (Phi) is 8.99. The Morgan fingerprint density at radius 1 is 1.15 bits per heavy atom. The summed E-state index contributed by atoms with van der Waals surface area (Å²) in [6, 6.07) is 20.0. The van der Waals surface area contributed by atoms with Gasteiger partial charge in [-0.2, -0.15) is 0 Å². The van der Waals surface area contributed by atoms with Crippen LogP contribution in [0.25, 0.3) is 10.9 Å². The highest BCUT2D eigenvalue weighted by Crippen LogP contribution is 2.46. The molecule has 0 unspecified atom stereocenters. The summed E-state index contributed by atoms with van der Waals surface area (Å²) in [5.74, 6) is -1.42. The van der Waals surface area contributed by atoms with E-state index in [1.807, 2.05) is 48.7 Å². The van der Waals surface area contributed by atoms with Crippen LogP contribution in [0.2, 0.25) is 5.02 Å². The minimum absolute atomic E-state index is 0.0617. The number of carbonyl (C=O) groups excluding carboxylic acids is 3. The topological polar surface area (TPSA) is 126 Å². The van der Waals surface area contributed by atoms with Crippen molar-refractivity contribution in [3.8, 4) is 0 Å². The van der Waals surface area contributed by atoms with Gasteiger partial charge >= 0.3 is 0 Å². The molecule has 3 aromatic carbocycles. The number of amides is 3. The van der Waals surface area contributed by atoms with E-state index in [1.54, 1.807) is 48.2 Å².